The van der Waals surface area contributed by atoms with E-state index in [9.17, 15) is 9.59 Å². The summed E-state index contributed by atoms with van der Waals surface area (Å²) in [6.07, 6.45) is 5.29. The van der Waals surface area contributed by atoms with Crippen molar-refractivity contribution >= 4 is 17.7 Å². The van der Waals surface area contributed by atoms with Crippen molar-refractivity contribution in [2.24, 2.45) is 0 Å². The lowest BCUT2D eigenvalue weighted by molar-refractivity contribution is -0.121. The summed E-state index contributed by atoms with van der Waals surface area (Å²) in [7, 11) is 0. The minimum absolute atomic E-state index is 0.0555. The Morgan fingerprint density at radius 1 is 1.50 bits per heavy atom. The number of hydrogen-bond donors (Lipinski definition) is 1. The van der Waals surface area contributed by atoms with Crippen LogP contribution >= 0.6 is 11.8 Å². The third-order valence-corrected chi connectivity index (χ3v) is 4.65. The van der Waals surface area contributed by atoms with E-state index in [1.807, 2.05) is 12.1 Å². The van der Waals surface area contributed by atoms with Gasteiger partial charge < -0.3 is 5.32 Å². The molecule has 0 spiro atoms. The number of aromatic nitrogens is 3. The van der Waals surface area contributed by atoms with Crippen molar-refractivity contribution in [2.45, 2.75) is 31.1 Å². The van der Waals surface area contributed by atoms with Crippen molar-refractivity contribution in [2.75, 3.05) is 5.75 Å². The maximum Gasteiger partial charge on any atom is 0.257 e. The van der Waals surface area contributed by atoms with Crippen LogP contribution < -0.4 is 10.9 Å². The van der Waals surface area contributed by atoms with Crippen LogP contribution in [0.3, 0.4) is 0 Å². The first-order valence-corrected chi connectivity index (χ1v) is 8.00. The third-order valence-electron chi connectivity index (χ3n) is 3.53. The molecule has 0 saturated heterocycles. The molecule has 0 unspecified atom stereocenters. The molecule has 3 heterocycles. The van der Waals surface area contributed by atoms with Crippen LogP contribution in [0.25, 0.3) is 0 Å². The lowest BCUT2D eigenvalue weighted by Crippen LogP contribution is -2.31. The topological polar surface area (TPSA) is 76.9 Å². The highest BCUT2D eigenvalue weighted by Crippen LogP contribution is 2.31. The van der Waals surface area contributed by atoms with Crippen LogP contribution in [-0.2, 0) is 11.3 Å². The molecule has 22 heavy (non-hydrogen) atoms. The minimum atomic E-state index is -0.131. The maximum absolute atomic E-state index is 12.2. The number of hydrogen-bond acceptors (Lipinski definition) is 5. The Labute approximate surface area is 132 Å². The second-order valence-electron chi connectivity index (χ2n) is 5.21. The largest absolute Gasteiger partial charge is 0.352 e. The fourth-order valence-electron chi connectivity index (χ4n) is 2.36. The Hall–Kier alpha value is -2.15. The molecular weight excluding hydrogens is 300 g/mol. The molecule has 0 aromatic carbocycles. The van der Waals surface area contributed by atoms with Crippen molar-refractivity contribution in [3.05, 3.63) is 52.2 Å². The van der Waals surface area contributed by atoms with E-state index in [4.69, 9.17) is 0 Å². The molecule has 1 aliphatic heterocycles. The van der Waals surface area contributed by atoms with E-state index in [0.717, 1.165) is 5.56 Å². The molecule has 1 aliphatic rings. The number of thioether (sulfide) groups is 1. The average molecular weight is 316 g/mol. The molecule has 2 aromatic rings. The zero-order valence-corrected chi connectivity index (χ0v) is 13.0. The van der Waals surface area contributed by atoms with Gasteiger partial charge in [0.05, 0.1) is 6.04 Å². The summed E-state index contributed by atoms with van der Waals surface area (Å²) in [4.78, 5) is 32.6. The first-order valence-electron chi connectivity index (χ1n) is 7.01. The van der Waals surface area contributed by atoms with Gasteiger partial charge in [-0.25, -0.2) is 4.98 Å². The summed E-state index contributed by atoms with van der Waals surface area (Å²) < 4.78 is 1.64. The van der Waals surface area contributed by atoms with Crippen molar-refractivity contribution in [3.8, 4) is 0 Å². The van der Waals surface area contributed by atoms with Gasteiger partial charge in [-0.1, -0.05) is 17.8 Å². The van der Waals surface area contributed by atoms with Gasteiger partial charge in [0.2, 0.25) is 5.91 Å². The van der Waals surface area contributed by atoms with Crippen LogP contribution in [0.1, 0.15) is 23.6 Å². The molecule has 0 aliphatic carbocycles. The summed E-state index contributed by atoms with van der Waals surface area (Å²) >= 11 is 1.52. The SMILES string of the molecule is Cc1cnc2n(c1=O)[C@H](CC(=O)NCc1cccnc1)CS2. The van der Waals surface area contributed by atoms with Gasteiger partial charge in [-0.2, -0.15) is 0 Å². The molecule has 1 atom stereocenters. The van der Waals surface area contributed by atoms with E-state index in [1.165, 1.54) is 11.8 Å². The van der Waals surface area contributed by atoms with Gasteiger partial charge in [-0.15, -0.1) is 0 Å². The van der Waals surface area contributed by atoms with Gasteiger partial charge >= 0.3 is 0 Å². The molecule has 6 nitrogen and oxygen atoms in total. The molecule has 1 N–H and O–H groups in total. The number of amides is 1. The zero-order chi connectivity index (χ0) is 15.5. The highest BCUT2D eigenvalue weighted by atomic mass is 32.2. The molecule has 0 radical (unpaired) electrons. The van der Waals surface area contributed by atoms with E-state index in [1.54, 1.807) is 30.1 Å². The fraction of sp³-hybridized carbons (Fsp3) is 0.333. The Kier molecular flexibility index (Phi) is 4.24. The van der Waals surface area contributed by atoms with Crippen LogP contribution in [0.2, 0.25) is 0 Å². The van der Waals surface area contributed by atoms with Crippen molar-refractivity contribution in [1.29, 1.82) is 0 Å². The second-order valence-corrected chi connectivity index (χ2v) is 6.19. The third kappa shape index (κ3) is 3.04. The van der Waals surface area contributed by atoms with Crippen molar-refractivity contribution in [3.63, 3.8) is 0 Å². The Balaban J connectivity index is 1.65. The van der Waals surface area contributed by atoms with Crippen LogP contribution in [0.4, 0.5) is 0 Å². The van der Waals surface area contributed by atoms with Crippen molar-refractivity contribution in [1.82, 2.24) is 19.9 Å². The summed E-state index contributed by atoms with van der Waals surface area (Å²) in [5, 5.41) is 3.56. The number of fused-ring (bicyclic) bond motifs is 1. The van der Waals surface area contributed by atoms with Gasteiger partial charge in [0.1, 0.15) is 0 Å². The van der Waals surface area contributed by atoms with Crippen LogP contribution in [-0.4, -0.2) is 26.2 Å². The van der Waals surface area contributed by atoms with E-state index >= 15 is 0 Å². The number of rotatable bonds is 4. The van der Waals surface area contributed by atoms with Gasteiger partial charge in [0.25, 0.3) is 5.56 Å². The normalized spacial score (nSPS) is 16.3. The van der Waals surface area contributed by atoms with Gasteiger partial charge in [0, 0.05) is 42.9 Å². The Bertz CT molecular complexity index is 745. The maximum atomic E-state index is 12.2. The molecule has 0 bridgehead atoms. The molecule has 1 amide bonds. The first-order chi connectivity index (χ1) is 10.6. The van der Waals surface area contributed by atoms with Gasteiger partial charge in [-0.05, 0) is 18.6 Å². The quantitative estimate of drug-likeness (QED) is 0.860. The molecule has 114 valence electrons. The highest BCUT2D eigenvalue weighted by Gasteiger charge is 2.27. The van der Waals surface area contributed by atoms with Crippen LogP contribution in [0, 0.1) is 6.92 Å². The standard InChI is InChI=1S/C15H16N4O2S/c1-10-6-18-15-19(14(10)21)12(9-22-15)5-13(20)17-8-11-3-2-4-16-7-11/h2-4,6-7,12H,5,8-9H2,1H3,(H,17,20)/t12-/m1/s1. The summed E-state index contributed by atoms with van der Waals surface area (Å²) in [6, 6.07) is 3.61. The molecule has 3 rings (SSSR count). The number of nitrogens with one attached hydrogen (secondary N) is 1. The predicted molar refractivity (Wildman–Crippen MR) is 83.7 cm³/mol. The van der Waals surface area contributed by atoms with Crippen LogP contribution in [0.15, 0.2) is 40.7 Å². The Morgan fingerprint density at radius 2 is 2.36 bits per heavy atom. The van der Waals surface area contributed by atoms with E-state index < -0.39 is 0 Å². The molecule has 7 heteroatoms. The predicted octanol–water partition coefficient (Wildman–Crippen LogP) is 1.30. The zero-order valence-electron chi connectivity index (χ0n) is 12.2. The monoisotopic (exact) mass is 316 g/mol. The lowest BCUT2D eigenvalue weighted by Gasteiger charge is -2.13. The number of pyridine rings is 1. The minimum Gasteiger partial charge on any atom is -0.352 e. The van der Waals surface area contributed by atoms with Crippen molar-refractivity contribution < 1.29 is 4.79 Å². The summed E-state index contributed by atoms with van der Waals surface area (Å²) in [5.74, 6) is 0.627. The summed E-state index contributed by atoms with van der Waals surface area (Å²) in [5.41, 5.74) is 1.50. The second kappa shape index (κ2) is 6.31. The Morgan fingerprint density at radius 3 is 3.14 bits per heavy atom. The fourth-order valence-corrected chi connectivity index (χ4v) is 3.47. The highest BCUT2D eigenvalue weighted by molar-refractivity contribution is 7.99. The molecule has 0 fully saturated rings. The number of aryl methyl sites for hydroxylation is 1. The number of carbonyl (C=O) groups excluding carboxylic acids is 1. The van der Waals surface area contributed by atoms with Gasteiger partial charge in [-0.3, -0.25) is 19.1 Å². The van der Waals surface area contributed by atoms with E-state index in [2.05, 4.69) is 15.3 Å². The molecular formula is C15H16N4O2S. The van der Waals surface area contributed by atoms with E-state index in [0.29, 0.717) is 23.0 Å². The molecule has 0 saturated carbocycles. The molecule has 2 aromatic heterocycles. The van der Waals surface area contributed by atoms with E-state index in [-0.39, 0.29) is 23.9 Å². The lowest BCUT2D eigenvalue weighted by atomic mass is 10.2. The van der Waals surface area contributed by atoms with Gasteiger partial charge in [0.15, 0.2) is 5.16 Å². The number of carbonyl (C=O) groups is 1. The smallest absolute Gasteiger partial charge is 0.257 e. The number of nitrogens with zero attached hydrogens (tertiary/aromatic N) is 3. The first kappa shape index (κ1) is 14.8. The van der Waals surface area contributed by atoms with Crippen LogP contribution in [0.5, 0.6) is 0 Å². The average Bonchev–Trinajstić information content (AvgIpc) is 2.93. The summed E-state index contributed by atoms with van der Waals surface area (Å²) in [6.45, 7) is 2.19.